The summed E-state index contributed by atoms with van der Waals surface area (Å²) < 4.78 is 6.53. The summed E-state index contributed by atoms with van der Waals surface area (Å²) in [6.45, 7) is 6.54. The van der Waals surface area contributed by atoms with E-state index in [9.17, 15) is 4.79 Å². The van der Waals surface area contributed by atoms with Crippen LogP contribution >= 0.6 is 33.9 Å². The Hall–Kier alpha value is -1.88. The lowest BCUT2D eigenvalue weighted by atomic mass is 10.0. The van der Waals surface area contributed by atoms with E-state index in [0.29, 0.717) is 16.9 Å². The zero-order valence-electron chi connectivity index (χ0n) is 17.7. The average molecular weight is 548 g/mol. The van der Waals surface area contributed by atoms with E-state index in [1.54, 1.807) is 11.3 Å². The normalized spacial score (nSPS) is 14.5. The number of aryl methyl sites for hydroxylation is 1. The van der Waals surface area contributed by atoms with Crippen LogP contribution in [0.25, 0.3) is 32.5 Å². The fourth-order valence-electron chi connectivity index (χ4n) is 3.87. The molecule has 4 aromatic rings. The van der Waals surface area contributed by atoms with Crippen LogP contribution in [0.4, 0.5) is 0 Å². The van der Waals surface area contributed by atoms with Gasteiger partial charge < -0.3 is 9.72 Å². The van der Waals surface area contributed by atoms with Crippen LogP contribution in [0.3, 0.4) is 0 Å². The van der Waals surface area contributed by atoms with Gasteiger partial charge in [-0.25, -0.2) is 4.98 Å². The Morgan fingerprint density at radius 3 is 2.84 bits per heavy atom. The molecule has 8 heteroatoms. The van der Waals surface area contributed by atoms with Gasteiger partial charge in [-0.3, -0.25) is 14.7 Å². The molecule has 1 N–H and O–H groups in total. The second-order valence-corrected chi connectivity index (χ2v) is 8.40. The van der Waals surface area contributed by atoms with Gasteiger partial charge in [0.15, 0.2) is 5.82 Å². The summed E-state index contributed by atoms with van der Waals surface area (Å²) in [4.78, 5) is 29.4. The minimum Gasteiger partial charge on any atom is -0.379 e. The van der Waals surface area contributed by atoms with Crippen molar-refractivity contribution in [3.8, 4) is 11.5 Å². The van der Waals surface area contributed by atoms with Gasteiger partial charge in [-0.15, -0.1) is 11.3 Å². The molecule has 5 rings (SSSR count). The largest absolute Gasteiger partial charge is 0.379 e. The van der Waals surface area contributed by atoms with Crippen molar-refractivity contribution in [2.45, 2.75) is 13.3 Å². The first-order valence-electron chi connectivity index (χ1n) is 10.2. The third-order valence-electron chi connectivity index (χ3n) is 5.46. The third-order valence-corrected chi connectivity index (χ3v) is 6.33. The van der Waals surface area contributed by atoms with Gasteiger partial charge in [-0.05, 0) is 58.4 Å². The van der Waals surface area contributed by atoms with E-state index < -0.39 is 0 Å². The molecule has 6 nitrogen and oxygen atoms in total. The highest BCUT2D eigenvalue weighted by molar-refractivity contribution is 14.1. The topological polar surface area (TPSA) is 71.1 Å². The molecule has 0 amide bonds. The van der Waals surface area contributed by atoms with Crippen molar-refractivity contribution in [2.24, 2.45) is 0 Å². The number of thiophene rings is 1. The number of aromatic amines is 1. The average Bonchev–Trinajstić information content (AvgIpc) is 3.28. The molecule has 1 fully saturated rings. The summed E-state index contributed by atoms with van der Waals surface area (Å²) in [5, 5.41) is 3.79. The number of nitrogens with zero attached hydrogens (tertiary/aromatic N) is 3. The Kier molecular flexibility index (Phi) is 7.31. The number of nitrogens with one attached hydrogen (secondary N) is 1. The standard InChI is InChI=1S/C22H22N4O2S.CH3I/c1-14-10-15(2-4-26-5-7-28-8-6-26)11-17-20(14)24-21(25-22(17)27)18-12-16-3-9-29-19(16)13-23-18;1-2/h3,9-13H,2,4-8H2,1H3,(H,24,25,27);1H3. The van der Waals surface area contributed by atoms with Gasteiger partial charge in [-0.1, -0.05) is 28.7 Å². The Bertz CT molecular complexity index is 1250. The van der Waals surface area contributed by atoms with Gasteiger partial charge in [0.1, 0.15) is 5.69 Å². The van der Waals surface area contributed by atoms with Crippen LogP contribution in [0, 0.1) is 6.92 Å². The maximum Gasteiger partial charge on any atom is 0.259 e. The van der Waals surface area contributed by atoms with Crippen LogP contribution in [0.2, 0.25) is 0 Å². The van der Waals surface area contributed by atoms with Gasteiger partial charge in [-0.2, -0.15) is 0 Å². The molecule has 1 aromatic carbocycles. The lowest BCUT2D eigenvalue weighted by Crippen LogP contribution is -2.37. The summed E-state index contributed by atoms with van der Waals surface area (Å²) >= 11 is 3.80. The molecule has 0 saturated carbocycles. The first-order chi connectivity index (χ1) is 15.2. The van der Waals surface area contributed by atoms with E-state index in [2.05, 4.69) is 49.6 Å². The number of ether oxygens (including phenoxy) is 1. The molecule has 1 saturated heterocycles. The van der Waals surface area contributed by atoms with Crippen molar-refractivity contribution < 1.29 is 4.74 Å². The second-order valence-electron chi connectivity index (χ2n) is 7.46. The van der Waals surface area contributed by atoms with Crippen LogP contribution < -0.4 is 5.56 Å². The lowest BCUT2D eigenvalue weighted by Gasteiger charge is -2.26. The number of fused-ring (bicyclic) bond motifs is 2. The van der Waals surface area contributed by atoms with Crippen molar-refractivity contribution in [3.05, 3.63) is 57.3 Å². The Morgan fingerprint density at radius 2 is 2.03 bits per heavy atom. The molecule has 31 heavy (non-hydrogen) atoms. The van der Waals surface area contributed by atoms with Crippen molar-refractivity contribution in [3.63, 3.8) is 0 Å². The van der Waals surface area contributed by atoms with Gasteiger partial charge >= 0.3 is 0 Å². The number of morpholine rings is 1. The zero-order valence-corrected chi connectivity index (χ0v) is 20.6. The SMILES string of the molecule is CI.Cc1cc(CCN2CCOCC2)cc2c(=O)[nH]c(-c3cc4ccsc4cn3)nc12. The maximum absolute atomic E-state index is 12.8. The number of hydrogen-bond donors (Lipinski definition) is 1. The maximum atomic E-state index is 12.8. The molecular weight excluding hydrogens is 523 g/mol. The monoisotopic (exact) mass is 548 g/mol. The molecule has 0 unspecified atom stereocenters. The number of aromatic nitrogens is 3. The van der Waals surface area contributed by atoms with Crippen molar-refractivity contribution in [1.82, 2.24) is 19.9 Å². The molecule has 3 aromatic heterocycles. The molecule has 0 atom stereocenters. The van der Waals surface area contributed by atoms with Crippen molar-refractivity contribution in [2.75, 3.05) is 37.8 Å². The minimum atomic E-state index is -0.117. The third kappa shape index (κ3) is 4.97. The predicted octanol–water partition coefficient (Wildman–Crippen LogP) is 4.43. The number of hydrogen-bond acceptors (Lipinski definition) is 6. The van der Waals surface area contributed by atoms with Crippen LogP contribution in [-0.2, 0) is 11.2 Å². The first kappa shape index (κ1) is 22.3. The van der Waals surface area contributed by atoms with Gasteiger partial charge in [0.2, 0.25) is 0 Å². The highest BCUT2D eigenvalue weighted by atomic mass is 127. The molecule has 0 radical (unpaired) electrons. The zero-order chi connectivity index (χ0) is 21.8. The number of rotatable bonds is 4. The lowest BCUT2D eigenvalue weighted by molar-refractivity contribution is 0.0384. The summed E-state index contributed by atoms with van der Waals surface area (Å²) in [7, 11) is 0. The fraction of sp³-hybridized carbons (Fsp3) is 0.348. The van der Waals surface area contributed by atoms with Crippen LogP contribution in [0.15, 0.2) is 40.6 Å². The molecular formula is C23H25IN4O2S. The van der Waals surface area contributed by atoms with E-state index in [0.717, 1.165) is 60.4 Å². The molecule has 1 aliphatic rings. The van der Waals surface area contributed by atoms with Crippen LogP contribution in [0.5, 0.6) is 0 Å². The van der Waals surface area contributed by atoms with Crippen molar-refractivity contribution >= 4 is 54.9 Å². The molecule has 1 aliphatic heterocycles. The van der Waals surface area contributed by atoms with E-state index in [-0.39, 0.29) is 5.56 Å². The van der Waals surface area contributed by atoms with Crippen LogP contribution in [0.1, 0.15) is 11.1 Å². The molecule has 162 valence electrons. The van der Waals surface area contributed by atoms with Crippen molar-refractivity contribution in [1.29, 1.82) is 0 Å². The highest BCUT2D eigenvalue weighted by Gasteiger charge is 2.13. The fourth-order valence-corrected chi connectivity index (χ4v) is 4.60. The minimum absolute atomic E-state index is 0.117. The van der Waals surface area contributed by atoms with Gasteiger partial charge in [0.25, 0.3) is 5.56 Å². The van der Waals surface area contributed by atoms with E-state index in [1.807, 2.05) is 35.6 Å². The summed E-state index contributed by atoms with van der Waals surface area (Å²) in [6.07, 6.45) is 2.75. The Labute approximate surface area is 198 Å². The molecule has 0 aliphatic carbocycles. The smallest absolute Gasteiger partial charge is 0.259 e. The Morgan fingerprint density at radius 1 is 1.23 bits per heavy atom. The van der Waals surface area contributed by atoms with Gasteiger partial charge in [0.05, 0.1) is 28.8 Å². The van der Waals surface area contributed by atoms with E-state index in [4.69, 9.17) is 9.72 Å². The predicted molar refractivity (Wildman–Crippen MR) is 137 cm³/mol. The number of pyridine rings is 1. The van der Waals surface area contributed by atoms with Gasteiger partial charge in [0, 0.05) is 25.8 Å². The first-order valence-corrected chi connectivity index (χ1v) is 13.3. The van der Waals surface area contributed by atoms with E-state index >= 15 is 0 Å². The Balaban J connectivity index is 0.00000112. The number of benzene rings is 1. The molecule has 4 heterocycles. The summed E-state index contributed by atoms with van der Waals surface area (Å²) in [5.41, 5.74) is 3.49. The number of halogens is 1. The summed E-state index contributed by atoms with van der Waals surface area (Å²) in [5.74, 6) is 0.514. The molecule has 0 bridgehead atoms. The van der Waals surface area contributed by atoms with Crippen LogP contribution in [-0.4, -0.2) is 57.6 Å². The number of alkyl halides is 1. The summed E-state index contributed by atoms with van der Waals surface area (Å²) in [6, 6.07) is 8.15. The van der Waals surface area contributed by atoms with E-state index in [1.165, 1.54) is 5.56 Å². The number of H-pyrrole nitrogens is 1. The quantitative estimate of drug-likeness (QED) is 0.302. The second kappa shape index (κ2) is 10.2. The highest BCUT2D eigenvalue weighted by Crippen LogP contribution is 2.25. The molecule has 0 spiro atoms.